The summed E-state index contributed by atoms with van der Waals surface area (Å²) >= 11 is 0. The average Bonchev–Trinajstić information content (AvgIpc) is 3.18. The second-order valence-corrected chi connectivity index (χ2v) is 7.04. The largest absolute Gasteiger partial charge is 0.385 e. The second kappa shape index (κ2) is 5.23. The highest BCUT2D eigenvalue weighted by Crippen LogP contribution is 2.47. The monoisotopic (exact) mass is 339 g/mol. The summed E-state index contributed by atoms with van der Waals surface area (Å²) in [4.78, 5) is 18.3. The van der Waals surface area contributed by atoms with Crippen LogP contribution in [0.4, 0.5) is 10.2 Å². The zero-order chi connectivity index (χ0) is 17.0. The van der Waals surface area contributed by atoms with Gasteiger partial charge in [-0.3, -0.25) is 0 Å². The van der Waals surface area contributed by atoms with Gasteiger partial charge in [0, 0.05) is 24.9 Å². The van der Waals surface area contributed by atoms with Crippen LogP contribution in [-0.4, -0.2) is 37.1 Å². The van der Waals surface area contributed by atoms with Crippen LogP contribution >= 0.6 is 0 Å². The number of benzene rings is 1. The van der Waals surface area contributed by atoms with Gasteiger partial charge in [-0.25, -0.2) is 19.3 Å². The molecule has 2 bridgehead atoms. The number of nitrogens with zero attached hydrogens (tertiary/aromatic N) is 4. The molecular formula is C18H18FN5O. The van der Waals surface area contributed by atoms with E-state index >= 15 is 0 Å². The van der Waals surface area contributed by atoms with Crippen LogP contribution in [0.1, 0.15) is 31.2 Å². The lowest BCUT2D eigenvalue weighted by Crippen LogP contribution is -2.50. The minimum absolute atomic E-state index is 0.190. The molecule has 2 aliphatic heterocycles. The number of piperidine rings is 1. The molecule has 2 fully saturated rings. The van der Waals surface area contributed by atoms with Gasteiger partial charge in [-0.15, -0.1) is 0 Å². The molecular weight excluding hydrogens is 321 g/mol. The van der Waals surface area contributed by atoms with Crippen LogP contribution in [0.2, 0.25) is 0 Å². The Balaban J connectivity index is 1.51. The number of hydrogen-bond acceptors (Lipinski definition) is 5. The van der Waals surface area contributed by atoms with Crippen molar-refractivity contribution in [2.75, 3.05) is 4.90 Å². The van der Waals surface area contributed by atoms with Crippen molar-refractivity contribution >= 4 is 17.0 Å². The Kier molecular flexibility index (Phi) is 3.09. The Morgan fingerprint density at radius 3 is 2.52 bits per heavy atom. The standard InChI is InChI=1S/C18H18FN5O/c19-12-3-1-11(2-4-12)18(25)7-13-5-6-14(8-18)24(13)17-15-16(21-9-20-15)22-10-23-17/h1-4,9-10,13-14,25H,5-8H2,(H,20,21,22,23)/t13-,14-/m1/s1. The van der Waals surface area contributed by atoms with Crippen molar-refractivity contribution < 1.29 is 9.50 Å². The number of anilines is 1. The Hall–Kier alpha value is -2.54. The fraction of sp³-hybridized carbons (Fsp3) is 0.389. The first kappa shape index (κ1) is 14.8. The van der Waals surface area contributed by atoms with Gasteiger partial charge in [-0.1, -0.05) is 12.1 Å². The van der Waals surface area contributed by atoms with Crippen molar-refractivity contribution in [2.24, 2.45) is 0 Å². The summed E-state index contributed by atoms with van der Waals surface area (Å²) in [7, 11) is 0. The molecule has 1 aromatic carbocycles. The SMILES string of the molecule is OC1(c2ccc(F)cc2)C[C@H]2CC[C@H](C1)N2c1ncnc2nc[nH]c12. The number of hydrogen-bond donors (Lipinski definition) is 2. The molecule has 5 rings (SSSR count). The fourth-order valence-corrected chi connectivity index (χ4v) is 4.51. The van der Waals surface area contributed by atoms with Gasteiger partial charge in [0.05, 0.1) is 11.9 Å². The van der Waals surface area contributed by atoms with Crippen molar-refractivity contribution in [3.05, 3.63) is 48.3 Å². The van der Waals surface area contributed by atoms with Crippen molar-refractivity contribution in [3.8, 4) is 0 Å². The molecule has 2 aliphatic rings. The average molecular weight is 339 g/mol. The minimum Gasteiger partial charge on any atom is -0.385 e. The lowest BCUT2D eigenvalue weighted by Gasteiger charge is -2.44. The Morgan fingerprint density at radius 1 is 1.08 bits per heavy atom. The van der Waals surface area contributed by atoms with E-state index in [1.54, 1.807) is 24.8 Å². The number of aromatic nitrogens is 4. The van der Waals surface area contributed by atoms with Gasteiger partial charge in [0.1, 0.15) is 17.7 Å². The van der Waals surface area contributed by atoms with Crippen LogP contribution in [0.3, 0.4) is 0 Å². The van der Waals surface area contributed by atoms with Crippen molar-refractivity contribution in [2.45, 2.75) is 43.4 Å². The zero-order valence-corrected chi connectivity index (χ0v) is 13.6. The van der Waals surface area contributed by atoms with E-state index in [-0.39, 0.29) is 17.9 Å². The summed E-state index contributed by atoms with van der Waals surface area (Å²) in [5.41, 5.74) is 1.37. The van der Waals surface area contributed by atoms with E-state index in [0.717, 1.165) is 29.7 Å². The molecule has 2 saturated heterocycles. The van der Waals surface area contributed by atoms with E-state index in [4.69, 9.17) is 0 Å². The summed E-state index contributed by atoms with van der Waals surface area (Å²) in [5.74, 6) is 0.575. The molecule has 7 heteroatoms. The zero-order valence-electron chi connectivity index (χ0n) is 13.6. The molecule has 2 aromatic heterocycles. The number of fused-ring (bicyclic) bond motifs is 3. The molecule has 0 aliphatic carbocycles. The van der Waals surface area contributed by atoms with Gasteiger partial charge in [0.15, 0.2) is 11.5 Å². The van der Waals surface area contributed by atoms with Crippen molar-refractivity contribution in [1.82, 2.24) is 19.9 Å². The Labute approximate surface area is 143 Å². The van der Waals surface area contributed by atoms with E-state index in [2.05, 4.69) is 24.8 Å². The maximum absolute atomic E-state index is 13.2. The van der Waals surface area contributed by atoms with Crippen LogP contribution in [0, 0.1) is 5.82 Å². The van der Waals surface area contributed by atoms with Gasteiger partial charge >= 0.3 is 0 Å². The predicted octanol–water partition coefficient (Wildman–Crippen LogP) is 2.51. The topological polar surface area (TPSA) is 77.9 Å². The highest BCUT2D eigenvalue weighted by molar-refractivity contribution is 5.83. The summed E-state index contributed by atoms with van der Waals surface area (Å²) in [6, 6.07) is 6.61. The van der Waals surface area contributed by atoms with Gasteiger partial charge < -0.3 is 15.0 Å². The quantitative estimate of drug-likeness (QED) is 0.750. The maximum Gasteiger partial charge on any atom is 0.182 e. The normalized spacial score (nSPS) is 28.6. The van der Waals surface area contributed by atoms with Crippen molar-refractivity contribution in [1.29, 1.82) is 0 Å². The number of nitrogens with one attached hydrogen (secondary N) is 1. The summed E-state index contributed by atoms with van der Waals surface area (Å²) < 4.78 is 13.2. The third-order valence-corrected chi connectivity index (χ3v) is 5.60. The van der Waals surface area contributed by atoms with Gasteiger partial charge in [0.2, 0.25) is 0 Å². The minimum atomic E-state index is -0.920. The molecule has 128 valence electrons. The first-order chi connectivity index (χ1) is 12.1. The number of imidazole rings is 1. The highest BCUT2D eigenvalue weighted by atomic mass is 19.1. The third-order valence-electron chi connectivity index (χ3n) is 5.60. The number of halogens is 1. The second-order valence-electron chi connectivity index (χ2n) is 7.04. The molecule has 0 amide bonds. The third kappa shape index (κ3) is 2.22. The van der Waals surface area contributed by atoms with Crippen LogP contribution < -0.4 is 4.90 Å². The number of aromatic amines is 1. The fourth-order valence-electron chi connectivity index (χ4n) is 4.51. The highest BCUT2D eigenvalue weighted by Gasteiger charge is 2.49. The molecule has 0 unspecified atom stereocenters. The van der Waals surface area contributed by atoms with Crippen LogP contribution in [0.15, 0.2) is 36.9 Å². The molecule has 6 nitrogen and oxygen atoms in total. The molecule has 2 atom stereocenters. The van der Waals surface area contributed by atoms with Crippen molar-refractivity contribution in [3.63, 3.8) is 0 Å². The summed E-state index contributed by atoms with van der Waals surface area (Å²) in [6.45, 7) is 0. The molecule has 0 spiro atoms. The molecule has 0 saturated carbocycles. The Morgan fingerprint density at radius 2 is 1.80 bits per heavy atom. The van der Waals surface area contributed by atoms with Gasteiger partial charge in [0.25, 0.3) is 0 Å². The molecule has 25 heavy (non-hydrogen) atoms. The first-order valence-electron chi connectivity index (χ1n) is 8.55. The van der Waals surface area contributed by atoms with E-state index in [1.807, 2.05) is 0 Å². The number of H-pyrrole nitrogens is 1. The van der Waals surface area contributed by atoms with Crippen LogP contribution in [0.5, 0.6) is 0 Å². The Bertz CT molecular complexity index is 911. The van der Waals surface area contributed by atoms with Crippen LogP contribution in [0.25, 0.3) is 11.2 Å². The van der Waals surface area contributed by atoms with E-state index in [9.17, 15) is 9.50 Å². The van der Waals surface area contributed by atoms with Crippen LogP contribution in [-0.2, 0) is 5.60 Å². The lowest BCUT2D eigenvalue weighted by atomic mass is 9.80. The predicted molar refractivity (Wildman–Crippen MR) is 90.5 cm³/mol. The molecule has 4 heterocycles. The lowest BCUT2D eigenvalue weighted by molar-refractivity contribution is -0.00318. The number of rotatable bonds is 2. The van der Waals surface area contributed by atoms with E-state index in [1.165, 1.54) is 12.1 Å². The summed E-state index contributed by atoms with van der Waals surface area (Å²) in [6.07, 6.45) is 6.40. The molecule has 2 N–H and O–H groups in total. The summed E-state index contributed by atoms with van der Waals surface area (Å²) in [5, 5.41) is 11.3. The number of aliphatic hydroxyl groups is 1. The van der Waals surface area contributed by atoms with E-state index < -0.39 is 5.60 Å². The van der Waals surface area contributed by atoms with Gasteiger partial charge in [-0.2, -0.15) is 0 Å². The van der Waals surface area contributed by atoms with Gasteiger partial charge in [-0.05, 0) is 30.5 Å². The molecule has 0 radical (unpaired) electrons. The maximum atomic E-state index is 13.2. The molecule has 3 aromatic rings. The first-order valence-corrected chi connectivity index (χ1v) is 8.55. The van der Waals surface area contributed by atoms with E-state index in [0.29, 0.717) is 18.5 Å². The smallest absolute Gasteiger partial charge is 0.182 e.